The van der Waals surface area contributed by atoms with E-state index in [-0.39, 0.29) is 24.1 Å². The first kappa shape index (κ1) is 24.9. The fraction of sp³-hybridized carbons (Fsp3) is 0.333. The molecule has 1 amide bonds. The molecule has 1 heterocycles. The number of thiazole rings is 1. The molecule has 0 spiro atoms. The van der Waals surface area contributed by atoms with Gasteiger partial charge in [0.1, 0.15) is 11.3 Å². The number of rotatable bonds is 9. The van der Waals surface area contributed by atoms with E-state index >= 15 is 0 Å². The Hall–Kier alpha value is -1.38. The zero-order valence-electron chi connectivity index (χ0n) is 16.8. The number of benzene rings is 2. The summed E-state index contributed by atoms with van der Waals surface area (Å²) in [6.07, 6.45) is 1.18. The molecule has 0 aliphatic heterocycles. The molecule has 4 nitrogen and oxygen atoms in total. The molecular formula is C21H24Cl2FN3OS2. The predicted molar refractivity (Wildman–Crippen MR) is 129 cm³/mol. The van der Waals surface area contributed by atoms with E-state index in [2.05, 4.69) is 4.98 Å². The van der Waals surface area contributed by atoms with Crippen molar-refractivity contribution >= 4 is 68.4 Å². The summed E-state index contributed by atoms with van der Waals surface area (Å²) < 4.78 is 14.8. The van der Waals surface area contributed by atoms with E-state index in [9.17, 15) is 9.18 Å². The smallest absolute Gasteiger partial charge is 0.228 e. The van der Waals surface area contributed by atoms with Gasteiger partial charge in [-0.25, -0.2) is 9.37 Å². The molecule has 0 atom stereocenters. The SMILES string of the molecule is CN(C)CCN(C(=O)CCCSc1ccc(Cl)cc1)c1nc2c(F)cccc2s1.Cl. The highest BCUT2D eigenvalue weighted by Gasteiger charge is 2.20. The maximum absolute atomic E-state index is 14.0. The van der Waals surface area contributed by atoms with Gasteiger partial charge in [-0.2, -0.15) is 0 Å². The number of para-hydroxylation sites is 1. The molecule has 0 radical (unpaired) electrons. The summed E-state index contributed by atoms with van der Waals surface area (Å²) in [5, 5.41) is 1.27. The van der Waals surface area contributed by atoms with E-state index in [4.69, 9.17) is 11.6 Å². The molecule has 30 heavy (non-hydrogen) atoms. The van der Waals surface area contributed by atoms with Gasteiger partial charge in [-0.1, -0.05) is 29.0 Å². The number of anilines is 1. The van der Waals surface area contributed by atoms with Crippen molar-refractivity contribution in [2.75, 3.05) is 37.8 Å². The van der Waals surface area contributed by atoms with Crippen LogP contribution in [0.3, 0.4) is 0 Å². The van der Waals surface area contributed by atoms with Gasteiger partial charge in [0.25, 0.3) is 0 Å². The number of aromatic nitrogens is 1. The lowest BCUT2D eigenvalue weighted by molar-refractivity contribution is -0.118. The van der Waals surface area contributed by atoms with E-state index in [0.29, 0.717) is 35.2 Å². The number of hydrogen-bond donors (Lipinski definition) is 0. The van der Waals surface area contributed by atoms with E-state index < -0.39 is 0 Å². The van der Waals surface area contributed by atoms with Crippen LogP contribution in [0.1, 0.15) is 12.8 Å². The third kappa shape index (κ3) is 6.82. The molecule has 1 aromatic heterocycles. The molecule has 9 heteroatoms. The Morgan fingerprint density at radius 3 is 2.57 bits per heavy atom. The number of nitrogens with zero attached hydrogens (tertiary/aromatic N) is 3. The number of halogens is 3. The van der Waals surface area contributed by atoms with Crippen LogP contribution >= 0.6 is 47.1 Å². The summed E-state index contributed by atoms with van der Waals surface area (Å²) in [4.78, 5) is 22.2. The standard InChI is InChI=1S/C21H23ClFN3OS2.ClH/c1-25(2)12-13-26(21-24-20-17(23)5-3-6-18(20)29-21)19(27)7-4-14-28-16-10-8-15(22)9-11-16;/h3,5-6,8-11H,4,7,12-14H2,1-2H3;1H. The lowest BCUT2D eigenvalue weighted by atomic mass is 10.3. The average molecular weight is 488 g/mol. The van der Waals surface area contributed by atoms with Crippen LogP contribution in [0.25, 0.3) is 10.2 Å². The Bertz CT molecular complexity index is 967. The van der Waals surface area contributed by atoms with Gasteiger partial charge in [0, 0.05) is 29.4 Å². The summed E-state index contributed by atoms with van der Waals surface area (Å²) in [5.74, 6) is 0.496. The van der Waals surface area contributed by atoms with Crippen LogP contribution in [0.2, 0.25) is 5.02 Å². The minimum Gasteiger partial charge on any atom is -0.308 e. The van der Waals surface area contributed by atoms with E-state index in [1.165, 1.54) is 17.4 Å². The Balaban J connectivity index is 0.00000320. The third-order valence-electron chi connectivity index (χ3n) is 4.28. The van der Waals surface area contributed by atoms with Gasteiger partial charge in [-0.05, 0) is 62.7 Å². The first-order valence-electron chi connectivity index (χ1n) is 9.32. The normalized spacial score (nSPS) is 11.0. The predicted octanol–water partition coefficient (Wildman–Crippen LogP) is 5.98. The van der Waals surface area contributed by atoms with Crippen molar-refractivity contribution in [3.8, 4) is 0 Å². The number of carbonyl (C=O) groups is 1. The minimum absolute atomic E-state index is 0. The highest BCUT2D eigenvalue weighted by molar-refractivity contribution is 7.99. The van der Waals surface area contributed by atoms with Crippen LogP contribution in [0.4, 0.5) is 9.52 Å². The Morgan fingerprint density at radius 1 is 1.17 bits per heavy atom. The molecule has 2 aromatic carbocycles. The molecule has 0 unspecified atom stereocenters. The van der Waals surface area contributed by atoms with Crippen molar-refractivity contribution in [2.45, 2.75) is 17.7 Å². The maximum Gasteiger partial charge on any atom is 0.228 e. The molecule has 0 fully saturated rings. The van der Waals surface area contributed by atoms with Crippen molar-refractivity contribution in [1.82, 2.24) is 9.88 Å². The van der Waals surface area contributed by atoms with Gasteiger partial charge >= 0.3 is 0 Å². The van der Waals surface area contributed by atoms with Crippen molar-refractivity contribution in [3.63, 3.8) is 0 Å². The highest BCUT2D eigenvalue weighted by atomic mass is 35.5. The second-order valence-electron chi connectivity index (χ2n) is 6.84. The fourth-order valence-electron chi connectivity index (χ4n) is 2.72. The van der Waals surface area contributed by atoms with Gasteiger partial charge in [0.05, 0.1) is 4.70 Å². The van der Waals surface area contributed by atoms with Crippen LogP contribution in [0.5, 0.6) is 0 Å². The molecule has 0 saturated heterocycles. The zero-order chi connectivity index (χ0) is 20.8. The Morgan fingerprint density at radius 2 is 1.90 bits per heavy atom. The number of fused-ring (bicyclic) bond motifs is 1. The topological polar surface area (TPSA) is 36.4 Å². The zero-order valence-corrected chi connectivity index (χ0v) is 20.0. The van der Waals surface area contributed by atoms with Gasteiger partial charge < -0.3 is 4.90 Å². The number of thioether (sulfide) groups is 1. The molecule has 0 aliphatic rings. The number of amides is 1. The summed E-state index contributed by atoms with van der Waals surface area (Å²) in [5.41, 5.74) is 0.327. The average Bonchev–Trinajstić information content (AvgIpc) is 3.12. The number of carbonyl (C=O) groups excluding carboxylic acids is 1. The van der Waals surface area contributed by atoms with Crippen molar-refractivity contribution in [3.05, 3.63) is 53.3 Å². The number of likely N-dealkylation sites (N-methyl/N-ethyl adjacent to an activating group) is 1. The van der Waals surface area contributed by atoms with Crippen LogP contribution in [0, 0.1) is 5.82 Å². The largest absolute Gasteiger partial charge is 0.308 e. The van der Waals surface area contributed by atoms with Crippen molar-refractivity contribution in [2.24, 2.45) is 0 Å². The van der Waals surface area contributed by atoms with Crippen LogP contribution in [0.15, 0.2) is 47.4 Å². The second-order valence-corrected chi connectivity index (χ2v) is 9.45. The van der Waals surface area contributed by atoms with Crippen molar-refractivity contribution in [1.29, 1.82) is 0 Å². The van der Waals surface area contributed by atoms with Crippen LogP contribution < -0.4 is 4.90 Å². The molecular weight excluding hydrogens is 464 g/mol. The molecule has 3 rings (SSSR count). The second kappa shape index (κ2) is 11.9. The molecule has 0 bridgehead atoms. The van der Waals surface area contributed by atoms with Gasteiger partial charge in [-0.15, -0.1) is 24.2 Å². The van der Waals surface area contributed by atoms with Crippen LogP contribution in [-0.2, 0) is 4.79 Å². The van der Waals surface area contributed by atoms with Gasteiger partial charge in [0.2, 0.25) is 5.91 Å². The summed E-state index contributed by atoms with van der Waals surface area (Å²) >= 11 is 8.96. The number of hydrogen-bond acceptors (Lipinski definition) is 5. The monoisotopic (exact) mass is 487 g/mol. The van der Waals surface area contributed by atoms with E-state index in [1.807, 2.05) is 49.3 Å². The third-order valence-corrected chi connectivity index (χ3v) is 6.67. The molecule has 3 aromatic rings. The molecule has 0 aliphatic carbocycles. The van der Waals surface area contributed by atoms with E-state index in [0.717, 1.165) is 21.8 Å². The van der Waals surface area contributed by atoms with Gasteiger partial charge in [-0.3, -0.25) is 9.69 Å². The highest BCUT2D eigenvalue weighted by Crippen LogP contribution is 2.31. The summed E-state index contributed by atoms with van der Waals surface area (Å²) in [7, 11) is 3.92. The minimum atomic E-state index is -0.357. The van der Waals surface area contributed by atoms with Crippen LogP contribution in [-0.4, -0.2) is 48.7 Å². The molecule has 162 valence electrons. The van der Waals surface area contributed by atoms with Crippen molar-refractivity contribution < 1.29 is 9.18 Å². The quantitative estimate of drug-likeness (QED) is 0.274. The first-order chi connectivity index (χ1) is 13.9. The van der Waals surface area contributed by atoms with Gasteiger partial charge in [0.15, 0.2) is 5.13 Å². The first-order valence-corrected chi connectivity index (χ1v) is 11.5. The summed E-state index contributed by atoms with van der Waals surface area (Å²) in [6, 6.07) is 12.6. The fourth-order valence-corrected chi connectivity index (χ4v) is 4.73. The Labute approximate surface area is 195 Å². The molecule has 0 N–H and O–H groups in total. The lowest BCUT2D eigenvalue weighted by Gasteiger charge is -2.22. The lowest BCUT2D eigenvalue weighted by Crippen LogP contribution is -2.36. The molecule has 0 saturated carbocycles. The van der Waals surface area contributed by atoms with E-state index in [1.54, 1.807) is 22.7 Å². The summed E-state index contributed by atoms with van der Waals surface area (Å²) in [6.45, 7) is 1.24. The Kier molecular flexibility index (Phi) is 9.84. The maximum atomic E-state index is 14.0.